The van der Waals surface area contributed by atoms with Crippen molar-refractivity contribution < 1.29 is 9.53 Å². The highest BCUT2D eigenvalue weighted by Crippen LogP contribution is 2.22. The molecule has 2 rings (SSSR count). The van der Waals surface area contributed by atoms with E-state index in [4.69, 9.17) is 33.7 Å². The number of halogens is 2. The summed E-state index contributed by atoms with van der Waals surface area (Å²) < 4.78 is 6.40. The largest absolute Gasteiger partial charge is 0.461 e. The Labute approximate surface area is 126 Å². The maximum atomic E-state index is 11.6. The first-order valence-corrected chi connectivity index (χ1v) is 6.70. The molecule has 0 atom stereocenters. The highest BCUT2D eigenvalue weighted by Gasteiger charge is 2.16. The summed E-state index contributed by atoms with van der Waals surface area (Å²) >= 11 is 12.0. The summed E-state index contributed by atoms with van der Waals surface area (Å²) in [5.41, 5.74) is 6.91. The van der Waals surface area contributed by atoms with E-state index in [-0.39, 0.29) is 18.0 Å². The second kappa shape index (κ2) is 6.15. The number of nitrogen functional groups attached to an aromatic ring is 1. The average Bonchev–Trinajstić information content (AvgIpc) is 2.75. The number of benzene rings is 1. The van der Waals surface area contributed by atoms with Crippen LogP contribution in [0.3, 0.4) is 0 Å². The van der Waals surface area contributed by atoms with Crippen molar-refractivity contribution >= 4 is 34.9 Å². The number of carbonyl (C=O) groups excluding carboxylic acids is 1. The van der Waals surface area contributed by atoms with Gasteiger partial charge in [-0.3, -0.25) is 4.68 Å². The number of aromatic nitrogens is 2. The Morgan fingerprint density at radius 1 is 1.45 bits per heavy atom. The molecule has 106 valence electrons. The van der Waals surface area contributed by atoms with Crippen molar-refractivity contribution in [3.05, 3.63) is 45.7 Å². The van der Waals surface area contributed by atoms with Crippen LogP contribution in [0.15, 0.2) is 24.4 Å². The fourth-order valence-corrected chi connectivity index (χ4v) is 2.09. The average molecular weight is 314 g/mol. The number of nitrogens with zero attached hydrogens (tertiary/aromatic N) is 2. The molecule has 0 aliphatic carbocycles. The quantitative estimate of drug-likeness (QED) is 0.881. The lowest BCUT2D eigenvalue weighted by Crippen LogP contribution is -2.09. The van der Waals surface area contributed by atoms with Crippen LogP contribution in [0.4, 0.5) is 5.69 Å². The minimum atomic E-state index is -0.541. The predicted octanol–water partition coefficient (Wildman–Crippen LogP) is 3.00. The fraction of sp³-hybridized carbons (Fsp3) is 0.231. The van der Waals surface area contributed by atoms with Crippen LogP contribution < -0.4 is 5.73 Å². The number of hydrogen-bond acceptors (Lipinski definition) is 4. The molecule has 1 heterocycles. The molecule has 0 aliphatic heterocycles. The summed E-state index contributed by atoms with van der Waals surface area (Å²) in [5.74, 6) is -0.541. The van der Waals surface area contributed by atoms with Gasteiger partial charge in [-0.2, -0.15) is 5.10 Å². The molecule has 0 spiro atoms. The van der Waals surface area contributed by atoms with Gasteiger partial charge in [0.25, 0.3) is 0 Å². The molecular weight excluding hydrogens is 301 g/mol. The van der Waals surface area contributed by atoms with Crippen molar-refractivity contribution in [1.82, 2.24) is 9.78 Å². The van der Waals surface area contributed by atoms with Crippen LogP contribution >= 0.6 is 23.2 Å². The van der Waals surface area contributed by atoms with E-state index < -0.39 is 5.97 Å². The monoisotopic (exact) mass is 313 g/mol. The third-order valence-electron chi connectivity index (χ3n) is 2.60. The Bertz CT molecular complexity index is 641. The van der Waals surface area contributed by atoms with Gasteiger partial charge in [-0.1, -0.05) is 23.2 Å². The van der Waals surface area contributed by atoms with E-state index in [1.54, 1.807) is 31.3 Å². The van der Waals surface area contributed by atoms with Crippen molar-refractivity contribution in [3.63, 3.8) is 0 Å². The molecular formula is C13H13Cl2N3O2. The van der Waals surface area contributed by atoms with Gasteiger partial charge in [0.15, 0.2) is 5.69 Å². The van der Waals surface area contributed by atoms with Crippen LogP contribution in [-0.4, -0.2) is 22.4 Å². The van der Waals surface area contributed by atoms with E-state index in [2.05, 4.69) is 5.10 Å². The van der Waals surface area contributed by atoms with Crippen molar-refractivity contribution in [2.24, 2.45) is 0 Å². The van der Waals surface area contributed by atoms with Crippen molar-refractivity contribution in [2.75, 3.05) is 12.3 Å². The SMILES string of the molecule is CCOC(=O)c1nn(Cc2cc(Cl)ccc2Cl)cc1N. The molecule has 0 saturated carbocycles. The minimum Gasteiger partial charge on any atom is -0.461 e. The summed E-state index contributed by atoms with van der Waals surface area (Å²) in [4.78, 5) is 11.6. The number of anilines is 1. The molecule has 0 bridgehead atoms. The molecule has 20 heavy (non-hydrogen) atoms. The molecule has 2 N–H and O–H groups in total. The lowest BCUT2D eigenvalue weighted by Gasteiger charge is -2.05. The van der Waals surface area contributed by atoms with E-state index in [1.807, 2.05) is 0 Å². The van der Waals surface area contributed by atoms with Gasteiger partial charge in [0.2, 0.25) is 0 Å². The minimum absolute atomic E-state index is 0.102. The van der Waals surface area contributed by atoms with E-state index in [0.29, 0.717) is 16.6 Å². The summed E-state index contributed by atoms with van der Waals surface area (Å²) in [6.07, 6.45) is 1.56. The summed E-state index contributed by atoms with van der Waals surface area (Å²) in [6, 6.07) is 5.15. The van der Waals surface area contributed by atoms with Gasteiger partial charge in [-0.25, -0.2) is 4.79 Å². The smallest absolute Gasteiger partial charge is 0.361 e. The zero-order valence-corrected chi connectivity index (χ0v) is 12.3. The normalized spacial score (nSPS) is 10.6. The van der Waals surface area contributed by atoms with Gasteiger partial charge >= 0.3 is 5.97 Å². The molecule has 0 radical (unpaired) electrons. The third kappa shape index (κ3) is 3.23. The molecule has 0 fully saturated rings. The van der Waals surface area contributed by atoms with Crippen LogP contribution in [0.25, 0.3) is 0 Å². The summed E-state index contributed by atoms with van der Waals surface area (Å²) in [6.45, 7) is 2.35. The first-order chi connectivity index (χ1) is 9.51. The van der Waals surface area contributed by atoms with Gasteiger partial charge in [-0.05, 0) is 30.7 Å². The fourth-order valence-electron chi connectivity index (χ4n) is 1.71. The van der Waals surface area contributed by atoms with E-state index in [0.717, 1.165) is 5.56 Å². The van der Waals surface area contributed by atoms with Gasteiger partial charge in [0, 0.05) is 16.2 Å². The molecule has 5 nitrogen and oxygen atoms in total. The molecule has 7 heteroatoms. The van der Waals surface area contributed by atoms with Gasteiger partial charge in [0.05, 0.1) is 18.8 Å². The first-order valence-electron chi connectivity index (χ1n) is 5.95. The van der Waals surface area contributed by atoms with Gasteiger partial charge < -0.3 is 10.5 Å². The number of ether oxygens (including phenoxy) is 1. The van der Waals surface area contributed by atoms with Crippen molar-refractivity contribution in [1.29, 1.82) is 0 Å². The maximum absolute atomic E-state index is 11.6. The van der Waals surface area contributed by atoms with Crippen LogP contribution in [0.2, 0.25) is 10.0 Å². The second-order valence-corrected chi connectivity index (χ2v) is 4.93. The lowest BCUT2D eigenvalue weighted by molar-refractivity contribution is 0.0519. The molecule has 1 aromatic heterocycles. The summed E-state index contributed by atoms with van der Waals surface area (Å²) in [5, 5.41) is 5.26. The van der Waals surface area contributed by atoms with Crippen molar-refractivity contribution in [3.8, 4) is 0 Å². The highest BCUT2D eigenvalue weighted by atomic mass is 35.5. The molecule has 2 aromatic rings. The zero-order valence-electron chi connectivity index (χ0n) is 10.8. The van der Waals surface area contributed by atoms with Crippen molar-refractivity contribution in [2.45, 2.75) is 13.5 Å². The van der Waals surface area contributed by atoms with Crippen LogP contribution in [0.1, 0.15) is 23.0 Å². The topological polar surface area (TPSA) is 70.1 Å². The van der Waals surface area contributed by atoms with Crippen LogP contribution in [-0.2, 0) is 11.3 Å². The molecule has 0 amide bonds. The Balaban J connectivity index is 2.24. The second-order valence-electron chi connectivity index (χ2n) is 4.09. The summed E-state index contributed by atoms with van der Waals surface area (Å²) in [7, 11) is 0. The van der Waals surface area contributed by atoms with Gasteiger partial charge in [-0.15, -0.1) is 0 Å². The standard InChI is InChI=1S/C13H13Cl2N3O2/c1-2-20-13(19)12-11(16)7-18(17-12)6-8-5-9(14)3-4-10(8)15/h3-5,7H,2,6,16H2,1H3. The number of hydrogen-bond donors (Lipinski definition) is 1. The van der Waals surface area contributed by atoms with E-state index >= 15 is 0 Å². The number of rotatable bonds is 4. The number of carbonyl (C=O) groups is 1. The molecule has 1 aromatic carbocycles. The molecule has 0 aliphatic rings. The number of nitrogens with two attached hydrogens (primary N) is 1. The Morgan fingerprint density at radius 2 is 2.20 bits per heavy atom. The van der Waals surface area contributed by atoms with E-state index in [1.165, 1.54) is 4.68 Å². The van der Waals surface area contributed by atoms with Gasteiger partial charge in [0.1, 0.15) is 0 Å². The number of esters is 1. The zero-order chi connectivity index (χ0) is 14.7. The molecule has 0 unspecified atom stereocenters. The molecule has 0 saturated heterocycles. The Hall–Kier alpha value is -1.72. The van der Waals surface area contributed by atoms with Crippen LogP contribution in [0.5, 0.6) is 0 Å². The predicted molar refractivity (Wildman–Crippen MR) is 78.2 cm³/mol. The van der Waals surface area contributed by atoms with E-state index in [9.17, 15) is 4.79 Å². The lowest BCUT2D eigenvalue weighted by atomic mass is 10.2. The van der Waals surface area contributed by atoms with Crippen LogP contribution in [0, 0.1) is 0 Å². The third-order valence-corrected chi connectivity index (χ3v) is 3.20. The first kappa shape index (κ1) is 14.7. The Morgan fingerprint density at radius 3 is 2.90 bits per heavy atom. The maximum Gasteiger partial charge on any atom is 0.361 e. The Kier molecular flexibility index (Phi) is 4.52. The highest BCUT2D eigenvalue weighted by molar-refractivity contribution is 6.33.